The molecule has 1 unspecified atom stereocenters. The normalized spacial score (nSPS) is 13.0. The summed E-state index contributed by atoms with van der Waals surface area (Å²) in [5.41, 5.74) is 1.92. The lowest BCUT2D eigenvalue weighted by Crippen LogP contribution is -2.43. The molecule has 1 aromatic carbocycles. The Bertz CT molecular complexity index is 504. The van der Waals surface area contributed by atoms with Crippen LogP contribution in [0.4, 0.5) is 18.9 Å². The highest BCUT2D eigenvalue weighted by molar-refractivity contribution is 5.78. The molecule has 5 nitrogen and oxygen atoms in total. The van der Waals surface area contributed by atoms with Crippen LogP contribution in [0.15, 0.2) is 24.3 Å². The van der Waals surface area contributed by atoms with Gasteiger partial charge in [0.1, 0.15) is 0 Å². The van der Waals surface area contributed by atoms with Gasteiger partial charge < -0.3 is 15.3 Å². The van der Waals surface area contributed by atoms with Gasteiger partial charge in [-0.2, -0.15) is 13.2 Å². The van der Waals surface area contributed by atoms with E-state index in [0.717, 1.165) is 16.2 Å². The minimum absolute atomic E-state index is 0.219. The van der Waals surface area contributed by atoms with Gasteiger partial charge in [-0.05, 0) is 24.7 Å². The minimum atomic E-state index is -4.68. The lowest BCUT2D eigenvalue weighted by Gasteiger charge is -2.21. The van der Waals surface area contributed by atoms with Gasteiger partial charge in [0.15, 0.2) is 6.10 Å². The van der Waals surface area contributed by atoms with Gasteiger partial charge >= 0.3 is 6.18 Å². The summed E-state index contributed by atoms with van der Waals surface area (Å²) in [5.74, 6) is -0.404. The summed E-state index contributed by atoms with van der Waals surface area (Å²) in [6.07, 6.45) is -7.14. The Morgan fingerprint density at radius 2 is 1.78 bits per heavy atom. The third-order valence-electron chi connectivity index (χ3n) is 3.22. The van der Waals surface area contributed by atoms with Crippen molar-refractivity contribution < 1.29 is 23.1 Å². The molecule has 0 fully saturated rings. The van der Waals surface area contributed by atoms with Gasteiger partial charge in [-0.3, -0.25) is 9.69 Å². The van der Waals surface area contributed by atoms with E-state index in [-0.39, 0.29) is 6.54 Å². The summed E-state index contributed by atoms with van der Waals surface area (Å²) in [6, 6.07) is 7.56. The zero-order valence-corrected chi connectivity index (χ0v) is 13.4. The second-order valence-electron chi connectivity index (χ2n) is 5.59. The molecule has 130 valence electrons. The average molecular weight is 333 g/mol. The zero-order chi connectivity index (χ0) is 17.6. The number of halogens is 3. The third-order valence-corrected chi connectivity index (χ3v) is 3.22. The first-order chi connectivity index (χ1) is 10.6. The van der Waals surface area contributed by atoms with Crippen LogP contribution in [-0.2, 0) is 11.3 Å². The number of carbonyl (C=O) groups is 1. The molecule has 23 heavy (non-hydrogen) atoms. The van der Waals surface area contributed by atoms with E-state index in [4.69, 9.17) is 5.11 Å². The monoisotopic (exact) mass is 333 g/mol. The Morgan fingerprint density at radius 1 is 1.22 bits per heavy atom. The predicted octanol–water partition coefficient (Wildman–Crippen LogP) is 1.22. The fourth-order valence-corrected chi connectivity index (χ4v) is 1.88. The maximum atomic E-state index is 12.2. The van der Waals surface area contributed by atoms with Crippen molar-refractivity contribution in [2.45, 2.75) is 18.8 Å². The van der Waals surface area contributed by atoms with Gasteiger partial charge in [0.05, 0.1) is 6.54 Å². The third kappa shape index (κ3) is 6.87. The molecule has 0 bridgehead atoms. The predicted molar refractivity (Wildman–Crippen MR) is 82.2 cm³/mol. The first-order valence-electron chi connectivity index (χ1n) is 7.06. The molecular formula is C15H22F3N3O2. The molecule has 0 heterocycles. The van der Waals surface area contributed by atoms with Gasteiger partial charge in [0, 0.05) is 32.9 Å². The van der Waals surface area contributed by atoms with Crippen LogP contribution in [0.5, 0.6) is 0 Å². The zero-order valence-electron chi connectivity index (χ0n) is 13.4. The summed E-state index contributed by atoms with van der Waals surface area (Å²) in [6.45, 7) is -0.570. The van der Waals surface area contributed by atoms with Crippen LogP contribution in [0.25, 0.3) is 0 Å². The molecule has 1 amide bonds. The molecule has 0 aromatic heterocycles. The molecule has 0 saturated carbocycles. The van der Waals surface area contributed by atoms with Gasteiger partial charge in [0.25, 0.3) is 0 Å². The molecule has 0 aliphatic heterocycles. The highest BCUT2D eigenvalue weighted by Gasteiger charge is 2.38. The highest BCUT2D eigenvalue weighted by atomic mass is 19.4. The summed E-state index contributed by atoms with van der Waals surface area (Å²) in [5, 5.41) is 11.6. The van der Waals surface area contributed by atoms with E-state index >= 15 is 0 Å². The fourth-order valence-electron chi connectivity index (χ4n) is 1.88. The number of hydrogen-bond acceptors (Lipinski definition) is 4. The van der Waals surface area contributed by atoms with Gasteiger partial charge in [-0.25, -0.2) is 0 Å². The van der Waals surface area contributed by atoms with E-state index in [1.54, 1.807) is 0 Å². The largest absolute Gasteiger partial charge is 0.415 e. The van der Waals surface area contributed by atoms with Crippen LogP contribution in [-0.4, -0.2) is 62.4 Å². The SMILES string of the molecule is CN(CC(=O)NCc1ccc(N(C)C)cc1)CC(O)C(F)(F)F. The van der Waals surface area contributed by atoms with E-state index in [2.05, 4.69) is 5.32 Å². The lowest BCUT2D eigenvalue weighted by atomic mass is 10.2. The molecule has 0 radical (unpaired) electrons. The molecule has 1 rings (SSSR count). The van der Waals surface area contributed by atoms with E-state index in [1.165, 1.54) is 7.05 Å². The van der Waals surface area contributed by atoms with Crippen molar-refractivity contribution in [3.63, 3.8) is 0 Å². The number of alkyl halides is 3. The van der Waals surface area contributed by atoms with Crippen molar-refractivity contribution >= 4 is 11.6 Å². The molecule has 0 saturated heterocycles. The first-order valence-corrected chi connectivity index (χ1v) is 7.06. The number of amides is 1. The number of nitrogens with zero attached hydrogens (tertiary/aromatic N) is 2. The summed E-state index contributed by atoms with van der Waals surface area (Å²) < 4.78 is 36.7. The van der Waals surface area contributed by atoms with Crippen molar-refractivity contribution in [3.05, 3.63) is 29.8 Å². The average Bonchev–Trinajstić information content (AvgIpc) is 2.44. The standard InChI is InChI=1S/C15H22F3N3O2/c1-20(2)12-6-4-11(5-7-12)8-19-14(23)10-21(3)9-13(22)15(16,17)18/h4-7,13,22H,8-10H2,1-3H3,(H,19,23). The first kappa shape index (κ1) is 19.2. The molecule has 0 aliphatic rings. The smallest absolute Gasteiger partial charge is 0.382 e. The molecule has 0 spiro atoms. The van der Waals surface area contributed by atoms with E-state index < -0.39 is 24.7 Å². The Labute approximate surface area is 133 Å². The number of anilines is 1. The number of benzene rings is 1. The Morgan fingerprint density at radius 3 is 2.26 bits per heavy atom. The molecule has 2 N–H and O–H groups in total. The summed E-state index contributed by atoms with van der Waals surface area (Å²) >= 11 is 0. The van der Waals surface area contributed by atoms with Crippen LogP contribution < -0.4 is 10.2 Å². The molecular weight excluding hydrogens is 311 g/mol. The topological polar surface area (TPSA) is 55.8 Å². The number of aliphatic hydroxyl groups excluding tert-OH is 1. The summed E-state index contributed by atoms with van der Waals surface area (Å²) in [7, 11) is 5.18. The van der Waals surface area contributed by atoms with Crippen molar-refractivity contribution in [2.24, 2.45) is 0 Å². The molecule has 8 heteroatoms. The second-order valence-corrected chi connectivity index (χ2v) is 5.59. The number of likely N-dealkylation sites (N-methyl/N-ethyl adjacent to an activating group) is 1. The van der Waals surface area contributed by atoms with E-state index in [1.807, 2.05) is 43.3 Å². The minimum Gasteiger partial charge on any atom is -0.382 e. The van der Waals surface area contributed by atoms with Crippen molar-refractivity contribution in [1.82, 2.24) is 10.2 Å². The van der Waals surface area contributed by atoms with Crippen molar-refractivity contribution in [3.8, 4) is 0 Å². The van der Waals surface area contributed by atoms with Gasteiger partial charge in [-0.15, -0.1) is 0 Å². The van der Waals surface area contributed by atoms with Gasteiger partial charge in [0.2, 0.25) is 5.91 Å². The molecule has 1 aromatic rings. The van der Waals surface area contributed by atoms with Crippen molar-refractivity contribution in [1.29, 1.82) is 0 Å². The van der Waals surface area contributed by atoms with Crippen LogP contribution in [0, 0.1) is 0 Å². The lowest BCUT2D eigenvalue weighted by molar-refractivity contribution is -0.207. The second kappa shape index (κ2) is 8.16. The summed E-state index contributed by atoms with van der Waals surface area (Å²) in [4.78, 5) is 14.8. The maximum absolute atomic E-state index is 12.2. The van der Waals surface area contributed by atoms with Crippen LogP contribution >= 0.6 is 0 Å². The number of nitrogens with one attached hydrogen (secondary N) is 1. The van der Waals surface area contributed by atoms with Crippen LogP contribution in [0.2, 0.25) is 0 Å². The Hall–Kier alpha value is -1.80. The molecule has 1 atom stereocenters. The maximum Gasteiger partial charge on any atom is 0.415 e. The Kier molecular flexibility index (Phi) is 6.83. The number of carbonyl (C=O) groups excluding carboxylic acids is 1. The van der Waals surface area contributed by atoms with Crippen molar-refractivity contribution in [2.75, 3.05) is 39.1 Å². The van der Waals surface area contributed by atoms with Crippen LogP contribution in [0.3, 0.4) is 0 Å². The van der Waals surface area contributed by atoms with E-state index in [9.17, 15) is 18.0 Å². The fraction of sp³-hybridized carbons (Fsp3) is 0.533. The number of aliphatic hydroxyl groups is 1. The number of rotatable bonds is 7. The van der Waals surface area contributed by atoms with Gasteiger partial charge in [-0.1, -0.05) is 12.1 Å². The van der Waals surface area contributed by atoms with E-state index in [0.29, 0.717) is 6.54 Å². The quantitative estimate of drug-likeness (QED) is 0.788. The Balaban J connectivity index is 2.39. The highest BCUT2D eigenvalue weighted by Crippen LogP contribution is 2.20. The van der Waals surface area contributed by atoms with Crippen LogP contribution in [0.1, 0.15) is 5.56 Å². The molecule has 0 aliphatic carbocycles. The number of hydrogen-bond donors (Lipinski definition) is 2.